The molecular weight excluding hydrogens is 346 g/mol. The molecule has 7 heteroatoms. The van der Waals surface area contributed by atoms with Gasteiger partial charge in [-0.25, -0.2) is 4.79 Å². The van der Waals surface area contributed by atoms with E-state index in [0.29, 0.717) is 19.7 Å². The van der Waals surface area contributed by atoms with E-state index in [2.05, 4.69) is 10.6 Å². The number of rotatable bonds is 7. The summed E-state index contributed by atoms with van der Waals surface area (Å²) in [4.78, 5) is 37.0. The summed E-state index contributed by atoms with van der Waals surface area (Å²) in [5.41, 5.74) is 2.49. The Morgan fingerprint density at radius 2 is 1.74 bits per heavy atom. The maximum Gasteiger partial charge on any atom is 0.414 e. The number of ether oxygens (including phenoxy) is 1. The van der Waals surface area contributed by atoms with E-state index in [4.69, 9.17) is 4.74 Å². The molecule has 0 spiro atoms. The minimum absolute atomic E-state index is 0.0796. The van der Waals surface area contributed by atoms with Gasteiger partial charge in [-0.3, -0.25) is 14.5 Å². The zero-order valence-electron chi connectivity index (χ0n) is 14.8. The molecule has 1 heterocycles. The van der Waals surface area contributed by atoms with Crippen LogP contribution >= 0.6 is 0 Å². The van der Waals surface area contributed by atoms with Gasteiger partial charge in [-0.1, -0.05) is 42.5 Å². The van der Waals surface area contributed by atoms with Crippen LogP contribution in [0.3, 0.4) is 0 Å². The fourth-order valence-electron chi connectivity index (χ4n) is 2.75. The van der Waals surface area contributed by atoms with Gasteiger partial charge in [0.15, 0.2) is 0 Å². The molecule has 2 aromatic carbocycles. The Morgan fingerprint density at radius 3 is 2.48 bits per heavy atom. The molecule has 2 aromatic rings. The van der Waals surface area contributed by atoms with Crippen LogP contribution in [0.1, 0.15) is 11.1 Å². The first-order valence-corrected chi connectivity index (χ1v) is 8.72. The number of amides is 3. The van der Waals surface area contributed by atoms with Crippen LogP contribution in [0.5, 0.6) is 0 Å². The molecule has 1 fully saturated rings. The van der Waals surface area contributed by atoms with Crippen LogP contribution in [-0.4, -0.2) is 37.6 Å². The van der Waals surface area contributed by atoms with Crippen LogP contribution in [-0.2, 0) is 27.3 Å². The van der Waals surface area contributed by atoms with Gasteiger partial charge in [-0.15, -0.1) is 0 Å². The Labute approximate surface area is 157 Å². The van der Waals surface area contributed by atoms with Crippen LogP contribution in [0.2, 0.25) is 0 Å². The topological polar surface area (TPSA) is 87.7 Å². The second-order valence-electron chi connectivity index (χ2n) is 6.15. The van der Waals surface area contributed by atoms with Crippen molar-refractivity contribution in [2.45, 2.75) is 13.0 Å². The van der Waals surface area contributed by atoms with Gasteiger partial charge in [0.2, 0.25) is 11.8 Å². The second-order valence-corrected chi connectivity index (χ2v) is 6.15. The Hall–Kier alpha value is -3.35. The second kappa shape index (κ2) is 8.84. The summed E-state index contributed by atoms with van der Waals surface area (Å²) in [6.45, 7) is 1.12. The van der Waals surface area contributed by atoms with E-state index >= 15 is 0 Å². The van der Waals surface area contributed by atoms with Gasteiger partial charge < -0.3 is 15.4 Å². The van der Waals surface area contributed by atoms with Gasteiger partial charge >= 0.3 is 6.09 Å². The molecule has 0 aromatic heterocycles. The van der Waals surface area contributed by atoms with Crippen LogP contribution in [0, 0.1) is 0 Å². The molecule has 0 atom stereocenters. The van der Waals surface area contributed by atoms with Crippen LogP contribution in [0.25, 0.3) is 0 Å². The van der Waals surface area contributed by atoms with Crippen molar-refractivity contribution in [1.29, 1.82) is 0 Å². The normalized spacial score (nSPS) is 13.2. The van der Waals surface area contributed by atoms with E-state index in [1.807, 2.05) is 54.6 Å². The molecule has 140 valence electrons. The lowest BCUT2D eigenvalue weighted by atomic mass is 10.1. The zero-order chi connectivity index (χ0) is 19.1. The van der Waals surface area contributed by atoms with Crippen molar-refractivity contribution in [3.63, 3.8) is 0 Å². The summed E-state index contributed by atoms with van der Waals surface area (Å²) >= 11 is 0. The van der Waals surface area contributed by atoms with Crippen molar-refractivity contribution in [2.24, 2.45) is 0 Å². The average molecular weight is 367 g/mol. The number of carbonyl (C=O) groups is 3. The molecule has 3 amide bonds. The van der Waals surface area contributed by atoms with Gasteiger partial charge in [0.1, 0.15) is 6.61 Å². The molecule has 3 rings (SSSR count). The highest BCUT2D eigenvalue weighted by Gasteiger charge is 2.23. The highest BCUT2D eigenvalue weighted by Crippen LogP contribution is 2.19. The lowest BCUT2D eigenvalue weighted by molar-refractivity contribution is -0.125. The number of nitrogens with one attached hydrogen (secondary N) is 2. The van der Waals surface area contributed by atoms with E-state index in [-0.39, 0.29) is 30.9 Å². The summed E-state index contributed by atoms with van der Waals surface area (Å²) in [6.07, 6.45) is -0.125. The van der Waals surface area contributed by atoms with Crippen molar-refractivity contribution in [1.82, 2.24) is 10.6 Å². The highest BCUT2D eigenvalue weighted by molar-refractivity contribution is 5.89. The fourth-order valence-corrected chi connectivity index (χ4v) is 2.75. The molecule has 0 unspecified atom stereocenters. The molecule has 0 bridgehead atoms. The molecule has 1 aliphatic heterocycles. The fraction of sp³-hybridized carbons (Fsp3) is 0.250. The van der Waals surface area contributed by atoms with Crippen molar-refractivity contribution in [3.8, 4) is 0 Å². The number of nitrogens with zero attached hydrogens (tertiary/aromatic N) is 1. The van der Waals surface area contributed by atoms with Crippen molar-refractivity contribution < 1.29 is 19.1 Å². The molecule has 1 aliphatic rings. The van der Waals surface area contributed by atoms with E-state index in [1.165, 1.54) is 0 Å². The van der Waals surface area contributed by atoms with Gasteiger partial charge in [-0.05, 0) is 23.3 Å². The number of carbonyl (C=O) groups excluding carboxylic acids is 3. The summed E-state index contributed by atoms with van der Waals surface area (Å²) in [7, 11) is 0. The molecule has 1 saturated heterocycles. The van der Waals surface area contributed by atoms with Crippen molar-refractivity contribution >= 4 is 23.6 Å². The van der Waals surface area contributed by atoms with Crippen molar-refractivity contribution in [3.05, 3.63) is 65.7 Å². The Morgan fingerprint density at radius 1 is 0.963 bits per heavy atom. The maximum absolute atomic E-state index is 12.0. The smallest absolute Gasteiger partial charge is 0.414 e. The molecule has 0 radical (unpaired) electrons. The molecular formula is C20H21N3O4. The monoisotopic (exact) mass is 367 g/mol. The third-order valence-corrected chi connectivity index (χ3v) is 4.13. The number of benzene rings is 2. The number of hydrogen-bond acceptors (Lipinski definition) is 4. The SMILES string of the molecule is O=C(CNC(=O)Cc1ccccc1)NCc1cccc(N2CCOC2=O)c1. The lowest BCUT2D eigenvalue weighted by Crippen LogP contribution is -2.37. The largest absolute Gasteiger partial charge is 0.447 e. The number of anilines is 1. The molecule has 0 aliphatic carbocycles. The first-order valence-electron chi connectivity index (χ1n) is 8.72. The summed E-state index contributed by atoms with van der Waals surface area (Å²) in [5, 5.41) is 5.37. The quantitative estimate of drug-likeness (QED) is 0.778. The van der Waals surface area contributed by atoms with Crippen LogP contribution in [0.15, 0.2) is 54.6 Å². The highest BCUT2D eigenvalue weighted by atomic mass is 16.6. The van der Waals surface area contributed by atoms with Gasteiger partial charge in [0, 0.05) is 12.2 Å². The maximum atomic E-state index is 12.0. The molecule has 0 saturated carbocycles. The Bertz CT molecular complexity index is 823. The average Bonchev–Trinajstić information content (AvgIpc) is 3.12. The third kappa shape index (κ3) is 5.31. The van der Waals surface area contributed by atoms with E-state index in [9.17, 15) is 14.4 Å². The molecule has 2 N–H and O–H groups in total. The minimum Gasteiger partial charge on any atom is -0.447 e. The van der Waals surface area contributed by atoms with E-state index < -0.39 is 0 Å². The lowest BCUT2D eigenvalue weighted by Gasteiger charge is -2.14. The summed E-state index contributed by atoms with van der Waals surface area (Å²) in [6, 6.07) is 16.7. The van der Waals surface area contributed by atoms with Crippen LogP contribution in [0.4, 0.5) is 10.5 Å². The van der Waals surface area contributed by atoms with E-state index in [0.717, 1.165) is 16.8 Å². The number of cyclic esters (lactones) is 1. The Kier molecular flexibility index (Phi) is 6.04. The predicted molar refractivity (Wildman–Crippen MR) is 100 cm³/mol. The van der Waals surface area contributed by atoms with Gasteiger partial charge in [-0.2, -0.15) is 0 Å². The standard InChI is InChI=1S/C20H21N3O4/c24-18(12-15-5-2-1-3-6-15)22-14-19(25)21-13-16-7-4-8-17(11-16)23-9-10-27-20(23)26/h1-8,11H,9-10,12-14H2,(H,21,25)(H,22,24). The van der Waals surface area contributed by atoms with E-state index in [1.54, 1.807) is 4.90 Å². The van der Waals surface area contributed by atoms with Gasteiger partial charge in [0.05, 0.1) is 19.5 Å². The number of hydrogen-bond donors (Lipinski definition) is 2. The van der Waals surface area contributed by atoms with Gasteiger partial charge in [0.25, 0.3) is 0 Å². The first kappa shape index (κ1) is 18.4. The third-order valence-electron chi connectivity index (χ3n) is 4.13. The molecule has 27 heavy (non-hydrogen) atoms. The molecule has 7 nitrogen and oxygen atoms in total. The Balaban J connectivity index is 1.44. The summed E-state index contributed by atoms with van der Waals surface area (Å²) < 4.78 is 4.93. The first-order chi connectivity index (χ1) is 13.1. The van der Waals surface area contributed by atoms with Crippen molar-refractivity contribution in [2.75, 3.05) is 24.6 Å². The summed E-state index contributed by atoms with van der Waals surface area (Å²) in [5.74, 6) is -0.478. The van der Waals surface area contributed by atoms with Crippen LogP contribution < -0.4 is 15.5 Å². The zero-order valence-corrected chi connectivity index (χ0v) is 14.8. The predicted octanol–water partition coefficient (Wildman–Crippen LogP) is 1.62. The minimum atomic E-state index is -0.364.